The molecule has 0 atom stereocenters. The lowest BCUT2D eigenvalue weighted by Crippen LogP contribution is -2.37. The molecule has 0 saturated carbocycles. The number of para-hydroxylation sites is 1. The minimum Gasteiger partial charge on any atom is -0.489 e. The normalized spacial score (nSPS) is 10.6. The van der Waals surface area contributed by atoms with Crippen LogP contribution in [-0.4, -0.2) is 31.1 Å². The molecule has 2 aromatic rings. The highest BCUT2D eigenvalue weighted by Gasteiger charge is 2.04. The zero-order chi connectivity index (χ0) is 17.9. The summed E-state index contributed by atoms with van der Waals surface area (Å²) in [6.07, 6.45) is 4.35. The van der Waals surface area contributed by atoms with Gasteiger partial charge in [-0.05, 0) is 24.1 Å². The summed E-state index contributed by atoms with van der Waals surface area (Å²) in [4.78, 5) is 8.32. The van der Waals surface area contributed by atoms with Crippen LogP contribution < -0.4 is 15.4 Å². The lowest BCUT2D eigenvalue weighted by atomic mass is 10.2. The van der Waals surface area contributed by atoms with E-state index in [0.717, 1.165) is 35.8 Å². The Morgan fingerprint density at radius 1 is 1.27 bits per heavy atom. The molecule has 2 rings (SSSR count). The molecule has 0 aliphatic rings. The lowest BCUT2D eigenvalue weighted by molar-refractivity contribution is 0.358. The van der Waals surface area contributed by atoms with Gasteiger partial charge < -0.3 is 15.4 Å². The van der Waals surface area contributed by atoms with Gasteiger partial charge in [-0.25, -0.2) is 4.98 Å². The predicted molar refractivity (Wildman–Crippen MR) is 119 cm³/mol. The second kappa shape index (κ2) is 12.5. The van der Waals surface area contributed by atoms with Crippen LogP contribution in [0.2, 0.25) is 5.15 Å². The van der Waals surface area contributed by atoms with Crippen molar-refractivity contribution in [1.29, 1.82) is 0 Å². The lowest BCUT2D eigenvalue weighted by Gasteiger charge is -2.14. The molecule has 0 spiro atoms. The largest absolute Gasteiger partial charge is 0.489 e. The standard InChI is InChI=1S/C19H23ClN4O.HI/c1-3-12-25-17-7-5-4-6-16(17)14-24-19(21-2)22-11-10-15-8-9-18(20)23-13-15;/h3-9,13H,1,10-12,14H2,2H3,(H2,21,22,24);1H. The van der Waals surface area contributed by atoms with Crippen molar-refractivity contribution in [2.24, 2.45) is 4.99 Å². The maximum Gasteiger partial charge on any atom is 0.191 e. The first-order valence-corrected chi connectivity index (χ1v) is 8.47. The molecule has 1 aromatic heterocycles. The Kier molecular flexibility index (Phi) is 10.7. The Labute approximate surface area is 176 Å². The van der Waals surface area contributed by atoms with Crippen LogP contribution in [0.15, 0.2) is 60.2 Å². The van der Waals surface area contributed by atoms with Crippen molar-refractivity contribution in [3.63, 3.8) is 0 Å². The highest BCUT2D eigenvalue weighted by atomic mass is 127. The number of nitrogens with zero attached hydrogens (tertiary/aromatic N) is 2. The molecular weight excluding hydrogens is 463 g/mol. The summed E-state index contributed by atoms with van der Waals surface area (Å²) in [5.41, 5.74) is 2.18. The summed E-state index contributed by atoms with van der Waals surface area (Å²) in [5.74, 6) is 1.58. The number of aliphatic imine (C=N–C) groups is 1. The van der Waals surface area contributed by atoms with Gasteiger partial charge in [0.25, 0.3) is 0 Å². The van der Waals surface area contributed by atoms with Crippen LogP contribution in [0.25, 0.3) is 0 Å². The predicted octanol–water partition coefficient (Wildman–Crippen LogP) is 3.83. The number of halogens is 2. The number of guanidine groups is 1. The summed E-state index contributed by atoms with van der Waals surface area (Å²) in [7, 11) is 1.75. The van der Waals surface area contributed by atoms with E-state index in [4.69, 9.17) is 16.3 Å². The number of hydrogen-bond acceptors (Lipinski definition) is 3. The Balaban J connectivity index is 0.00000338. The van der Waals surface area contributed by atoms with Crippen molar-refractivity contribution in [3.05, 3.63) is 71.5 Å². The van der Waals surface area contributed by atoms with Crippen molar-refractivity contribution in [1.82, 2.24) is 15.6 Å². The molecule has 5 nitrogen and oxygen atoms in total. The van der Waals surface area contributed by atoms with Gasteiger partial charge in [0.1, 0.15) is 17.5 Å². The van der Waals surface area contributed by atoms with Crippen LogP contribution in [0.4, 0.5) is 0 Å². The number of rotatable bonds is 8. The topological polar surface area (TPSA) is 58.5 Å². The van der Waals surface area contributed by atoms with Gasteiger partial charge in [-0.15, -0.1) is 24.0 Å². The molecule has 0 unspecified atom stereocenters. The van der Waals surface area contributed by atoms with Gasteiger partial charge in [0.2, 0.25) is 0 Å². The van der Waals surface area contributed by atoms with Gasteiger partial charge in [-0.1, -0.05) is 48.5 Å². The van der Waals surface area contributed by atoms with Crippen LogP contribution in [0.3, 0.4) is 0 Å². The Bertz CT molecular complexity index is 707. The average Bonchev–Trinajstić information content (AvgIpc) is 2.65. The summed E-state index contributed by atoms with van der Waals surface area (Å²) in [6.45, 7) is 5.53. The highest BCUT2D eigenvalue weighted by molar-refractivity contribution is 14.0. The van der Waals surface area contributed by atoms with Gasteiger partial charge >= 0.3 is 0 Å². The van der Waals surface area contributed by atoms with Crippen molar-refractivity contribution in [2.45, 2.75) is 13.0 Å². The van der Waals surface area contributed by atoms with Gasteiger partial charge in [-0.3, -0.25) is 4.99 Å². The van der Waals surface area contributed by atoms with Gasteiger partial charge in [0.05, 0.1) is 0 Å². The maximum atomic E-state index is 5.79. The van der Waals surface area contributed by atoms with E-state index in [2.05, 4.69) is 27.2 Å². The van der Waals surface area contributed by atoms with Crippen LogP contribution in [0, 0.1) is 0 Å². The Hall–Kier alpha value is -1.80. The first kappa shape index (κ1) is 22.2. The van der Waals surface area contributed by atoms with Gasteiger partial charge in [-0.2, -0.15) is 0 Å². The number of pyridine rings is 1. The number of benzene rings is 1. The zero-order valence-corrected chi connectivity index (χ0v) is 17.8. The number of hydrogen-bond donors (Lipinski definition) is 2. The van der Waals surface area contributed by atoms with Crippen LogP contribution in [0.1, 0.15) is 11.1 Å². The molecular formula is C19H24ClIN4O. The van der Waals surface area contributed by atoms with E-state index in [1.807, 2.05) is 30.3 Å². The molecule has 1 aromatic carbocycles. The first-order chi connectivity index (χ1) is 12.2. The summed E-state index contributed by atoms with van der Waals surface area (Å²) < 4.78 is 5.66. The van der Waals surface area contributed by atoms with Crippen LogP contribution in [-0.2, 0) is 13.0 Å². The molecule has 0 aliphatic carbocycles. The third-order valence-electron chi connectivity index (χ3n) is 3.49. The third-order valence-corrected chi connectivity index (χ3v) is 3.72. The first-order valence-electron chi connectivity index (χ1n) is 8.09. The molecule has 0 bridgehead atoms. The minimum atomic E-state index is 0. The van der Waals surface area contributed by atoms with Crippen LogP contribution in [0.5, 0.6) is 5.75 Å². The maximum absolute atomic E-state index is 5.79. The number of aromatic nitrogens is 1. The van der Waals surface area contributed by atoms with E-state index in [0.29, 0.717) is 18.3 Å². The van der Waals surface area contributed by atoms with E-state index < -0.39 is 0 Å². The second-order valence-corrected chi connectivity index (χ2v) is 5.69. The van der Waals surface area contributed by atoms with E-state index in [9.17, 15) is 0 Å². The second-order valence-electron chi connectivity index (χ2n) is 5.30. The Morgan fingerprint density at radius 2 is 2.08 bits per heavy atom. The molecule has 0 fully saturated rings. The van der Waals surface area contributed by atoms with E-state index in [1.54, 1.807) is 25.4 Å². The summed E-state index contributed by atoms with van der Waals surface area (Å²) in [6, 6.07) is 11.7. The molecule has 140 valence electrons. The molecule has 0 aliphatic heterocycles. The fraction of sp³-hybridized carbons (Fsp3) is 0.263. The van der Waals surface area contributed by atoms with Gasteiger partial charge in [0.15, 0.2) is 5.96 Å². The SMILES string of the molecule is C=CCOc1ccccc1CNC(=NC)NCCc1ccc(Cl)nc1.I. The van der Waals surface area contributed by atoms with E-state index in [1.165, 1.54) is 0 Å². The quantitative estimate of drug-likeness (QED) is 0.196. The van der Waals surface area contributed by atoms with Crippen molar-refractivity contribution < 1.29 is 4.74 Å². The van der Waals surface area contributed by atoms with Gasteiger partial charge in [0, 0.05) is 31.9 Å². The van der Waals surface area contributed by atoms with Crippen LogP contribution >= 0.6 is 35.6 Å². The summed E-state index contributed by atoms with van der Waals surface area (Å²) in [5, 5.41) is 7.09. The third kappa shape index (κ3) is 7.61. The molecule has 2 N–H and O–H groups in total. The zero-order valence-electron chi connectivity index (χ0n) is 14.7. The van der Waals surface area contributed by atoms with E-state index >= 15 is 0 Å². The minimum absolute atomic E-state index is 0. The molecule has 1 heterocycles. The van der Waals surface area contributed by atoms with E-state index in [-0.39, 0.29) is 24.0 Å². The smallest absolute Gasteiger partial charge is 0.191 e. The summed E-state index contributed by atoms with van der Waals surface area (Å²) >= 11 is 5.79. The fourth-order valence-electron chi connectivity index (χ4n) is 2.22. The van der Waals surface area contributed by atoms with Crippen molar-refractivity contribution in [2.75, 3.05) is 20.2 Å². The number of nitrogens with one attached hydrogen (secondary N) is 2. The average molecular weight is 487 g/mol. The molecule has 26 heavy (non-hydrogen) atoms. The molecule has 0 saturated heterocycles. The Morgan fingerprint density at radius 3 is 2.77 bits per heavy atom. The number of ether oxygens (including phenoxy) is 1. The molecule has 0 radical (unpaired) electrons. The van der Waals surface area contributed by atoms with Crippen molar-refractivity contribution in [3.8, 4) is 5.75 Å². The van der Waals surface area contributed by atoms with Crippen molar-refractivity contribution >= 4 is 41.5 Å². The fourth-order valence-corrected chi connectivity index (χ4v) is 2.33. The highest BCUT2D eigenvalue weighted by Crippen LogP contribution is 2.17. The molecule has 0 amide bonds. The monoisotopic (exact) mass is 486 g/mol. The molecule has 7 heteroatoms.